The van der Waals surface area contributed by atoms with Crippen LogP contribution in [0.15, 0.2) is 24.3 Å². The minimum Gasteiger partial charge on any atom is -0.389 e. The second kappa shape index (κ2) is 5.29. The molecule has 1 amide bonds. The molecule has 1 heterocycles. The molecule has 0 bridgehead atoms. The van der Waals surface area contributed by atoms with E-state index < -0.39 is 6.10 Å². The van der Waals surface area contributed by atoms with E-state index in [0.717, 1.165) is 18.4 Å². The average molecular weight is 235 g/mol. The van der Waals surface area contributed by atoms with E-state index in [2.05, 4.69) is 5.32 Å². The topological polar surface area (TPSA) is 58.6 Å². The van der Waals surface area contributed by atoms with Gasteiger partial charge < -0.3 is 15.2 Å². The van der Waals surface area contributed by atoms with Crippen molar-refractivity contribution in [3.63, 3.8) is 0 Å². The van der Waals surface area contributed by atoms with Crippen molar-refractivity contribution in [3.05, 3.63) is 29.8 Å². The first-order chi connectivity index (χ1) is 8.18. The van der Waals surface area contributed by atoms with Crippen LogP contribution in [0.5, 0.6) is 0 Å². The standard InChI is InChI=1S/C13H17NO3/c1-9(15)10-5-2-3-6-11(10)14-13(16)12-7-4-8-17-12/h2-3,5-6,9,12,15H,4,7-8H2,1H3,(H,14,16)/t9?,12-/m0/s1. The maximum Gasteiger partial charge on any atom is 0.253 e. The molecule has 1 aromatic carbocycles. The summed E-state index contributed by atoms with van der Waals surface area (Å²) in [6.45, 7) is 2.33. The minimum absolute atomic E-state index is 0.129. The fraction of sp³-hybridized carbons (Fsp3) is 0.462. The Kier molecular flexibility index (Phi) is 3.76. The molecule has 2 atom stereocenters. The van der Waals surface area contributed by atoms with Crippen molar-refractivity contribution < 1.29 is 14.6 Å². The number of carbonyl (C=O) groups excluding carboxylic acids is 1. The van der Waals surface area contributed by atoms with Crippen LogP contribution in [-0.2, 0) is 9.53 Å². The number of carbonyl (C=O) groups is 1. The predicted molar refractivity (Wildman–Crippen MR) is 64.7 cm³/mol. The zero-order valence-electron chi connectivity index (χ0n) is 9.85. The van der Waals surface area contributed by atoms with E-state index in [1.54, 1.807) is 19.1 Å². The second-order valence-electron chi connectivity index (χ2n) is 4.25. The summed E-state index contributed by atoms with van der Waals surface area (Å²) in [6.07, 6.45) is 0.742. The molecule has 1 saturated heterocycles. The molecule has 1 aliphatic heterocycles. The van der Waals surface area contributed by atoms with E-state index in [1.807, 2.05) is 12.1 Å². The fourth-order valence-corrected chi connectivity index (χ4v) is 1.97. The Bertz CT molecular complexity index is 397. The van der Waals surface area contributed by atoms with Gasteiger partial charge in [0.25, 0.3) is 5.91 Å². The van der Waals surface area contributed by atoms with Gasteiger partial charge in [0.1, 0.15) is 6.10 Å². The molecule has 1 unspecified atom stereocenters. The average Bonchev–Trinajstić information content (AvgIpc) is 2.83. The van der Waals surface area contributed by atoms with E-state index in [1.165, 1.54) is 0 Å². The summed E-state index contributed by atoms with van der Waals surface area (Å²) in [5.41, 5.74) is 1.38. The number of ether oxygens (including phenoxy) is 1. The SMILES string of the molecule is CC(O)c1ccccc1NC(=O)[C@@H]1CCCO1. The molecule has 1 fully saturated rings. The highest BCUT2D eigenvalue weighted by Gasteiger charge is 2.24. The van der Waals surface area contributed by atoms with Crippen LogP contribution in [0.1, 0.15) is 31.4 Å². The molecule has 4 heteroatoms. The third-order valence-electron chi connectivity index (χ3n) is 2.89. The third kappa shape index (κ3) is 2.84. The zero-order valence-corrected chi connectivity index (χ0v) is 9.85. The summed E-state index contributed by atoms with van der Waals surface area (Å²) in [5.74, 6) is -0.129. The van der Waals surface area contributed by atoms with Crippen molar-refractivity contribution in [2.45, 2.75) is 32.0 Å². The third-order valence-corrected chi connectivity index (χ3v) is 2.89. The van der Waals surface area contributed by atoms with E-state index in [0.29, 0.717) is 12.3 Å². The first-order valence-corrected chi connectivity index (χ1v) is 5.88. The van der Waals surface area contributed by atoms with Gasteiger partial charge in [-0.1, -0.05) is 18.2 Å². The largest absolute Gasteiger partial charge is 0.389 e. The highest BCUT2D eigenvalue weighted by Crippen LogP contribution is 2.23. The van der Waals surface area contributed by atoms with Gasteiger partial charge in [-0.2, -0.15) is 0 Å². The number of anilines is 1. The normalized spacial score (nSPS) is 21.2. The van der Waals surface area contributed by atoms with Crippen LogP contribution in [0.25, 0.3) is 0 Å². The van der Waals surface area contributed by atoms with Crippen molar-refractivity contribution in [3.8, 4) is 0 Å². The summed E-state index contributed by atoms with van der Waals surface area (Å²) >= 11 is 0. The van der Waals surface area contributed by atoms with Gasteiger partial charge in [-0.05, 0) is 25.8 Å². The Morgan fingerprint density at radius 2 is 2.29 bits per heavy atom. The maximum absolute atomic E-state index is 11.9. The van der Waals surface area contributed by atoms with Crippen LogP contribution < -0.4 is 5.32 Å². The van der Waals surface area contributed by atoms with Crippen LogP contribution in [0, 0.1) is 0 Å². The van der Waals surface area contributed by atoms with Gasteiger partial charge in [0, 0.05) is 17.9 Å². The molecule has 0 aliphatic carbocycles. The smallest absolute Gasteiger partial charge is 0.253 e. The molecule has 2 N–H and O–H groups in total. The molecule has 1 aromatic rings. The quantitative estimate of drug-likeness (QED) is 0.840. The lowest BCUT2D eigenvalue weighted by molar-refractivity contribution is -0.124. The van der Waals surface area contributed by atoms with Gasteiger partial charge in [0.05, 0.1) is 6.10 Å². The van der Waals surface area contributed by atoms with E-state index in [4.69, 9.17) is 4.74 Å². The van der Waals surface area contributed by atoms with Gasteiger partial charge in [0.2, 0.25) is 0 Å². The Morgan fingerprint density at radius 1 is 1.53 bits per heavy atom. The number of amides is 1. The fourth-order valence-electron chi connectivity index (χ4n) is 1.97. The number of benzene rings is 1. The Labute approximate surface area is 101 Å². The van der Waals surface area contributed by atoms with Crippen LogP contribution in [-0.4, -0.2) is 23.7 Å². The van der Waals surface area contributed by atoms with Gasteiger partial charge >= 0.3 is 0 Å². The molecule has 1 aliphatic rings. The Balaban J connectivity index is 2.09. The van der Waals surface area contributed by atoms with Crippen molar-refractivity contribution >= 4 is 11.6 Å². The number of aliphatic hydroxyl groups excluding tert-OH is 1. The number of para-hydroxylation sites is 1. The summed E-state index contributed by atoms with van der Waals surface area (Å²) in [7, 11) is 0. The number of rotatable bonds is 3. The minimum atomic E-state index is -0.601. The van der Waals surface area contributed by atoms with E-state index in [9.17, 15) is 9.90 Å². The Hall–Kier alpha value is -1.39. The summed E-state index contributed by atoms with van der Waals surface area (Å²) < 4.78 is 5.31. The monoisotopic (exact) mass is 235 g/mol. The summed E-state index contributed by atoms with van der Waals surface area (Å²) in [5, 5.41) is 12.4. The first kappa shape index (κ1) is 12.1. The number of hydrogen-bond acceptors (Lipinski definition) is 3. The number of nitrogens with one attached hydrogen (secondary N) is 1. The summed E-state index contributed by atoms with van der Waals surface area (Å²) in [6, 6.07) is 7.26. The molecule has 0 radical (unpaired) electrons. The number of hydrogen-bond donors (Lipinski definition) is 2. The van der Waals surface area contributed by atoms with Crippen molar-refractivity contribution in [1.29, 1.82) is 0 Å². The van der Waals surface area contributed by atoms with Crippen molar-refractivity contribution in [1.82, 2.24) is 0 Å². The van der Waals surface area contributed by atoms with Crippen LogP contribution >= 0.6 is 0 Å². The van der Waals surface area contributed by atoms with Crippen molar-refractivity contribution in [2.75, 3.05) is 11.9 Å². The molecular formula is C13H17NO3. The highest BCUT2D eigenvalue weighted by molar-refractivity contribution is 5.95. The molecule has 17 heavy (non-hydrogen) atoms. The van der Waals surface area contributed by atoms with Gasteiger partial charge in [-0.15, -0.1) is 0 Å². The first-order valence-electron chi connectivity index (χ1n) is 5.88. The molecule has 0 spiro atoms. The maximum atomic E-state index is 11.9. The van der Waals surface area contributed by atoms with Crippen LogP contribution in [0.4, 0.5) is 5.69 Å². The lowest BCUT2D eigenvalue weighted by Gasteiger charge is -2.15. The van der Waals surface area contributed by atoms with Crippen LogP contribution in [0.2, 0.25) is 0 Å². The molecule has 0 saturated carbocycles. The van der Waals surface area contributed by atoms with Crippen LogP contribution in [0.3, 0.4) is 0 Å². The molecule has 0 aromatic heterocycles. The number of aliphatic hydroxyl groups is 1. The lowest BCUT2D eigenvalue weighted by Crippen LogP contribution is -2.27. The van der Waals surface area contributed by atoms with E-state index in [-0.39, 0.29) is 12.0 Å². The van der Waals surface area contributed by atoms with Gasteiger partial charge in [-0.25, -0.2) is 0 Å². The molecular weight excluding hydrogens is 218 g/mol. The zero-order chi connectivity index (χ0) is 12.3. The highest BCUT2D eigenvalue weighted by atomic mass is 16.5. The van der Waals surface area contributed by atoms with Crippen molar-refractivity contribution in [2.24, 2.45) is 0 Å². The molecule has 2 rings (SSSR count). The molecule has 4 nitrogen and oxygen atoms in total. The van der Waals surface area contributed by atoms with E-state index >= 15 is 0 Å². The lowest BCUT2D eigenvalue weighted by atomic mass is 10.1. The predicted octanol–water partition coefficient (Wildman–Crippen LogP) is 1.86. The second-order valence-corrected chi connectivity index (χ2v) is 4.25. The van der Waals surface area contributed by atoms with Gasteiger partial charge in [-0.3, -0.25) is 4.79 Å². The molecule has 92 valence electrons. The van der Waals surface area contributed by atoms with Gasteiger partial charge in [0.15, 0.2) is 0 Å². The summed E-state index contributed by atoms with van der Waals surface area (Å²) in [4.78, 5) is 11.9. The Morgan fingerprint density at radius 3 is 2.94 bits per heavy atom.